The Morgan fingerprint density at radius 3 is 2.13 bits per heavy atom. The molecule has 2 aromatic heterocycles. The molecule has 3 aliphatic heterocycles. The van der Waals surface area contributed by atoms with E-state index in [1.165, 1.54) is 18.5 Å². The van der Waals surface area contributed by atoms with E-state index in [2.05, 4.69) is 26.8 Å². The van der Waals surface area contributed by atoms with Gasteiger partial charge in [-0.3, -0.25) is 0 Å². The third-order valence-corrected chi connectivity index (χ3v) is 9.38. The number of thioether (sulfide) groups is 4. The molecule has 5 rings (SSSR count). The summed E-state index contributed by atoms with van der Waals surface area (Å²) >= 11 is 7.02. The molecule has 0 N–H and O–H groups in total. The summed E-state index contributed by atoms with van der Waals surface area (Å²) in [7, 11) is 3.19. The number of carbonyl (C=O) groups is 1. The van der Waals surface area contributed by atoms with Crippen LogP contribution in [0.3, 0.4) is 0 Å². The van der Waals surface area contributed by atoms with E-state index in [4.69, 9.17) is 9.97 Å². The third-order valence-electron chi connectivity index (χ3n) is 4.33. The van der Waals surface area contributed by atoms with E-state index in [-0.39, 0.29) is 6.03 Å². The Bertz CT molecular complexity index is 1180. The highest BCUT2D eigenvalue weighted by Crippen LogP contribution is 2.55. The highest BCUT2D eigenvalue weighted by molar-refractivity contribution is 8.35. The summed E-state index contributed by atoms with van der Waals surface area (Å²) in [6, 6.07) is 11.3. The van der Waals surface area contributed by atoms with Crippen molar-refractivity contribution in [2.45, 2.75) is 0 Å². The van der Waals surface area contributed by atoms with Crippen molar-refractivity contribution < 1.29 is 4.79 Å². The molecule has 0 aliphatic carbocycles. The molecule has 0 saturated carbocycles. The molecule has 5 heterocycles. The van der Waals surface area contributed by atoms with E-state index < -0.39 is 0 Å². The Morgan fingerprint density at radius 2 is 1.42 bits per heavy atom. The van der Waals surface area contributed by atoms with Gasteiger partial charge in [0.2, 0.25) is 5.84 Å². The van der Waals surface area contributed by atoms with Crippen molar-refractivity contribution in [2.24, 2.45) is 5.10 Å². The second-order valence-corrected chi connectivity index (χ2v) is 10.7. The van der Waals surface area contributed by atoms with E-state index in [1.54, 1.807) is 61.1 Å². The standard InChI is InChI=1S/C20H15N6OS4/c1-25-20(27)26(2)24-17(23-25)15-8-4-6-13(22-15)12-5-3-7-14(21-12)16-11-30-19(31-16)18-28-9-10-29-18/h3-11H,1-2H3. The molecule has 31 heavy (non-hydrogen) atoms. The highest BCUT2D eigenvalue weighted by atomic mass is 32.2. The molecule has 0 atom stereocenters. The van der Waals surface area contributed by atoms with Crippen molar-refractivity contribution in [1.82, 2.24) is 25.4 Å². The molecular weight excluding hydrogens is 469 g/mol. The van der Waals surface area contributed by atoms with Gasteiger partial charge in [0.15, 0.2) is 0 Å². The minimum absolute atomic E-state index is 0.297. The van der Waals surface area contributed by atoms with Crippen LogP contribution in [-0.4, -0.2) is 45.9 Å². The maximum Gasteiger partial charge on any atom is 0.360 e. The number of hydrogen-bond donors (Lipinski definition) is 0. The lowest BCUT2D eigenvalue weighted by Gasteiger charge is -2.26. The molecule has 3 aliphatic rings. The van der Waals surface area contributed by atoms with E-state index >= 15 is 0 Å². The number of hydrazone groups is 1. The van der Waals surface area contributed by atoms with Gasteiger partial charge < -0.3 is 0 Å². The lowest BCUT2D eigenvalue weighted by molar-refractivity contribution is 0.155. The Hall–Kier alpha value is -2.34. The molecule has 2 aromatic rings. The number of urea groups is 1. The first-order chi connectivity index (χ1) is 15.1. The van der Waals surface area contributed by atoms with Gasteiger partial charge in [-0.15, -0.1) is 10.5 Å². The maximum absolute atomic E-state index is 11.9. The zero-order chi connectivity index (χ0) is 21.4. The average molecular weight is 484 g/mol. The SMILES string of the molecule is CN1[N]C(c2cccc(-c3cccc(C4=CSC(=C5SC=CS5)S4)n3)n2)=NN(C)C1=O. The molecule has 0 aromatic carbocycles. The van der Waals surface area contributed by atoms with Crippen LogP contribution in [0.15, 0.2) is 66.2 Å². The molecule has 0 unspecified atom stereocenters. The summed E-state index contributed by atoms with van der Waals surface area (Å²) in [4.78, 5) is 22.5. The number of nitrogens with zero attached hydrogens (tertiary/aromatic N) is 6. The van der Waals surface area contributed by atoms with Crippen molar-refractivity contribution in [3.63, 3.8) is 0 Å². The summed E-state index contributed by atoms with van der Waals surface area (Å²) < 4.78 is 2.61. The fourth-order valence-corrected chi connectivity index (χ4v) is 7.31. The zero-order valence-corrected chi connectivity index (χ0v) is 19.7. The Kier molecular flexibility index (Phi) is 5.74. The molecule has 1 radical (unpaired) electrons. The first-order valence-corrected chi connectivity index (χ1v) is 12.6. The van der Waals surface area contributed by atoms with Gasteiger partial charge in [0.1, 0.15) is 5.69 Å². The topological polar surface area (TPSA) is 75.8 Å². The van der Waals surface area contributed by atoms with E-state index in [9.17, 15) is 4.79 Å². The minimum atomic E-state index is -0.297. The van der Waals surface area contributed by atoms with Gasteiger partial charge in [0, 0.05) is 19.0 Å². The Labute approximate surface area is 196 Å². The summed E-state index contributed by atoms with van der Waals surface area (Å²) in [6.07, 6.45) is 0. The van der Waals surface area contributed by atoms with Crippen molar-refractivity contribution in [1.29, 1.82) is 0 Å². The quantitative estimate of drug-likeness (QED) is 0.595. The number of pyridine rings is 2. The van der Waals surface area contributed by atoms with Crippen LogP contribution < -0.4 is 5.43 Å². The predicted molar refractivity (Wildman–Crippen MR) is 132 cm³/mol. The van der Waals surface area contributed by atoms with Crippen LogP contribution in [-0.2, 0) is 0 Å². The molecule has 7 nitrogen and oxygen atoms in total. The second kappa shape index (κ2) is 8.65. The van der Waals surface area contributed by atoms with E-state index in [0.29, 0.717) is 11.5 Å². The summed E-state index contributed by atoms with van der Waals surface area (Å²) in [6.45, 7) is 0. The highest BCUT2D eigenvalue weighted by Gasteiger charge is 2.25. The minimum Gasteiger partial charge on any atom is -0.246 e. The number of carbonyl (C=O) groups excluding carboxylic acids is 1. The van der Waals surface area contributed by atoms with Gasteiger partial charge in [0.05, 0.1) is 25.6 Å². The van der Waals surface area contributed by atoms with E-state index in [1.807, 2.05) is 36.4 Å². The van der Waals surface area contributed by atoms with Gasteiger partial charge >= 0.3 is 6.03 Å². The van der Waals surface area contributed by atoms with Crippen LogP contribution in [0.1, 0.15) is 11.4 Å². The van der Waals surface area contributed by atoms with Crippen LogP contribution >= 0.6 is 47.0 Å². The Balaban J connectivity index is 1.41. The molecular formula is C20H15N6OS4. The van der Waals surface area contributed by atoms with Crippen molar-refractivity contribution in [3.8, 4) is 11.4 Å². The van der Waals surface area contributed by atoms with Gasteiger partial charge in [0.25, 0.3) is 0 Å². The number of aromatic nitrogens is 2. The largest absolute Gasteiger partial charge is 0.360 e. The number of hydrogen-bond acceptors (Lipinski definition) is 8. The molecule has 155 valence electrons. The first-order valence-electron chi connectivity index (χ1n) is 9.13. The van der Waals surface area contributed by atoms with Crippen molar-refractivity contribution in [2.75, 3.05) is 14.1 Å². The predicted octanol–water partition coefficient (Wildman–Crippen LogP) is 5.18. The van der Waals surface area contributed by atoms with Crippen LogP contribution in [0.5, 0.6) is 0 Å². The lowest BCUT2D eigenvalue weighted by atomic mass is 10.2. The number of amidine groups is 1. The van der Waals surface area contributed by atoms with Crippen molar-refractivity contribution >= 4 is 63.8 Å². The van der Waals surface area contributed by atoms with Gasteiger partial charge in [-0.2, -0.15) is 0 Å². The van der Waals surface area contributed by atoms with Crippen LogP contribution in [0.2, 0.25) is 0 Å². The molecule has 2 amide bonds. The molecule has 0 saturated heterocycles. The first kappa shape index (κ1) is 20.6. The normalized spacial score (nSPS) is 18.5. The summed E-state index contributed by atoms with van der Waals surface area (Å²) in [5.41, 5.74) is 7.22. The van der Waals surface area contributed by atoms with Crippen molar-refractivity contribution in [3.05, 3.63) is 72.5 Å². The molecule has 0 fully saturated rings. The fraction of sp³-hybridized carbons (Fsp3) is 0.100. The van der Waals surface area contributed by atoms with Gasteiger partial charge in [-0.05, 0) is 40.5 Å². The smallest absolute Gasteiger partial charge is 0.246 e. The lowest BCUT2D eigenvalue weighted by Crippen LogP contribution is -2.48. The second-order valence-electron chi connectivity index (χ2n) is 6.45. The number of rotatable bonds is 3. The monoisotopic (exact) mass is 483 g/mol. The van der Waals surface area contributed by atoms with E-state index in [0.717, 1.165) is 22.0 Å². The Morgan fingerprint density at radius 1 is 0.774 bits per heavy atom. The molecule has 11 heteroatoms. The third kappa shape index (κ3) is 4.22. The molecule has 0 bridgehead atoms. The van der Waals surface area contributed by atoms with Crippen LogP contribution in [0.25, 0.3) is 16.3 Å². The maximum atomic E-state index is 11.9. The number of amides is 2. The van der Waals surface area contributed by atoms with Crippen LogP contribution in [0, 0.1) is 0 Å². The summed E-state index contributed by atoms with van der Waals surface area (Å²) in [5, 5.41) is 13.1. The van der Waals surface area contributed by atoms with Gasteiger partial charge in [-0.1, -0.05) is 59.2 Å². The molecule has 0 spiro atoms. The average Bonchev–Trinajstić information content (AvgIpc) is 3.49. The van der Waals surface area contributed by atoms with Crippen LogP contribution in [0.4, 0.5) is 4.79 Å². The zero-order valence-electron chi connectivity index (χ0n) is 16.4. The summed E-state index contributed by atoms with van der Waals surface area (Å²) in [5.74, 6) is 0.379. The van der Waals surface area contributed by atoms with Gasteiger partial charge in [-0.25, -0.2) is 24.8 Å². The fourth-order valence-electron chi connectivity index (χ4n) is 2.88.